The molecule has 0 spiro atoms. The molecule has 14 heteroatoms. The summed E-state index contributed by atoms with van der Waals surface area (Å²) in [5, 5.41) is 53.0. The van der Waals surface area contributed by atoms with E-state index in [0.717, 1.165) is 12.1 Å². The lowest BCUT2D eigenvalue weighted by Crippen LogP contribution is -2.61. The highest BCUT2D eigenvalue weighted by molar-refractivity contribution is 5.73. The number of rotatable bonds is 9. The molecule has 0 aromatic heterocycles. The van der Waals surface area contributed by atoms with Crippen molar-refractivity contribution in [2.24, 2.45) is 0 Å². The number of likely N-dealkylation sites (N-methyl/N-ethyl adjacent to an activating group) is 2. The van der Waals surface area contributed by atoms with Crippen LogP contribution in [-0.2, 0) is 20.9 Å². The molecule has 5 N–H and O–H groups in total. The standard InChI is InChI=1S/C18H25N3O11/c1-19-5-6-20(2)18(27)30-8-9-3-4-11(10(7-9)21(28)29)31-17-14(24)12(22)13(23)15(32-17)16(25)26/h3-4,7,12-15,17,19,22-24H,5-6,8H2,1-2H3,(H,25,26)/t12-,13-,14+,15-,17+/m0/s1. The minimum absolute atomic E-state index is 0.265. The van der Waals surface area contributed by atoms with Gasteiger partial charge in [0.1, 0.15) is 24.9 Å². The molecular weight excluding hydrogens is 434 g/mol. The molecule has 178 valence electrons. The molecule has 14 nitrogen and oxygen atoms in total. The van der Waals surface area contributed by atoms with Crippen LogP contribution in [0.5, 0.6) is 5.75 Å². The molecule has 32 heavy (non-hydrogen) atoms. The number of nitrogens with one attached hydrogen (secondary N) is 1. The Kier molecular flexibility index (Phi) is 8.68. The minimum atomic E-state index is -1.93. The molecule has 1 aromatic carbocycles. The van der Waals surface area contributed by atoms with Gasteiger partial charge < -0.3 is 44.9 Å². The average molecular weight is 459 g/mol. The number of amides is 1. The lowest BCUT2D eigenvalue weighted by atomic mass is 9.99. The monoisotopic (exact) mass is 459 g/mol. The van der Waals surface area contributed by atoms with Crippen molar-refractivity contribution in [2.45, 2.75) is 37.3 Å². The Morgan fingerprint density at radius 3 is 2.53 bits per heavy atom. The third-order valence-electron chi connectivity index (χ3n) is 4.65. The summed E-state index contributed by atoms with van der Waals surface area (Å²) < 4.78 is 15.3. The summed E-state index contributed by atoms with van der Waals surface area (Å²) in [5.41, 5.74) is -0.311. The van der Waals surface area contributed by atoms with Crippen molar-refractivity contribution in [3.8, 4) is 5.75 Å². The number of carboxylic acids is 1. The van der Waals surface area contributed by atoms with E-state index < -0.39 is 59.1 Å². The third kappa shape index (κ3) is 6.02. The molecule has 5 atom stereocenters. The van der Waals surface area contributed by atoms with Crippen LogP contribution >= 0.6 is 0 Å². The molecule has 1 saturated heterocycles. The van der Waals surface area contributed by atoms with Crippen molar-refractivity contribution in [1.29, 1.82) is 0 Å². The molecule has 1 fully saturated rings. The van der Waals surface area contributed by atoms with E-state index >= 15 is 0 Å². The quantitative estimate of drug-likeness (QED) is 0.215. The van der Waals surface area contributed by atoms with E-state index in [-0.39, 0.29) is 12.2 Å². The maximum Gasteiger partial charge on any atom is 0.409 e. The van der Waals surface area contributed by atoms with Crippen LogP contribution < -0.4 is 10.1 Å². The Hall–Kier alpha value is -3.04. The summed E-state index contributed by atoms with van der Waals surface area (Å²) in [6.07, 6.45) is -10.1. The van der Waals surface area contributed by atoms with Crippen LogP contribution in [0, 0.1) is 10.1 Å². The number of hydrogen-bond donors (Lipinski definition) is 5. The van der Waals surface area contributed by atoms with Gasteiger partial charge in [-0.1, -0.05) is 6.07 Å². The highest BCUT2D eigenvalue weighted by Crippen LogP contribution is 2.32. The highest BCUT2D eigenvalue weighted by Gasteiger charge is 2.48. The van der Waals surface area contributed by atoms with Gasteiger partial charge in [-0.3, -0.25) is 10.1 Å². The van der Waals surface area contributed by atoms with Gasteiger partial charge in [0.2, 0.25) is 6.29 Å². The number of benzene rings is 1. The number of nitro groups is 1. The predicted octanol–water partition coefficient (Wildman–Crippen LogP) is -1.35. The topological polar surface area (TPSA) is 201 Å². The van der Waals surface area contributed by atoms with Gasteiger partial charge in [0.05, 0.1) is 4.92 Å². The number of carboxylic acid groups (broad SMARTS) is 1. The Morgan fingerprint density at radius 1 is 1.25 bits per heavy atom. The Balaban J connectivity index is 2.13. The number of carbonyl (C=O) groups excluding carboxylic acids is 1. The molecule has 2 rings (SSSR count). The van der Waals surface area contributed by atoms with Gasteiger partial charge in [0.25, 0.3) is 0 Å². The molecule has 1 heterocycles. The normalized spacial score (nSPS) is 25.1. The van der Waals surface area contributed by atoms with Crippen molar-refractivity contribution < 1.29 is 49.1 Å². The van der Waals surface area contributed by atoms with E-state index in [2.05, 4.69) is 5.32 Å². The second-order valence-corrected chi connectivity index (χ2v) is 6.99. The zero-order valence-electron chi connectivity index (χ0n) is 17.3. The van der Waals surface area contributed by atoms with E-state index in [1.54, 1.807) is 7.05 Å². The summed E-state index contributed by atoms with van der Waals surface area (Å²) in [5.74, 6) is -2.02. The Labute approximate surface area is 182 Å². The Bertz CT molecular complexity index is 836. The van der Waals surface area contributed by atoms with Crippen LogP contribution in [0.2, 0.25) is 0 Å². The van der Waals surface area contributed by atoms with Crippen molar-refractivity contribution >= 4 is 17.7 Å². The van der Waals surface area contributed by atoms with E-state index in [0.29, 0.717) is 13.1 Å². The SMILES string of the molecule is CNCCN(C)C(=O)OCc1ccc(O[C@@H]2O[C@H](C(=O)O)[C@@H](O)[C@H](O)[C@H]2O)c([N+](=O)[O-])c1. The van der Waals surface area contributed by atoms with Crippen molar-refractivity contribution in [2.75, 3.05) is 27.2 Å². The largest absolute Gasteiger partial charge is 0.479 e. The molecule has 0 aliphatic carbocycles. The van der Waals surface area contributed by atoms with E-state index in [9.17, 15) is 35.0 Å². The van der Waals surface area contributed by atoms with Gasteiger partial charge in [0, 0.05) is 26.2 Å². The first kappa shape index (κ1) is 25.2. The lowest BCUT2D eigenvalue weighted by Gasteiger charge is -2.38. The fourth-order valence-corrected chi connectivity index (χ4v) is 2.80. The molecule has 0 unspecified atom stereocenters. The number of aliphatic hydroxyl groups is 3. The number of nitrogens with zero attached hydrogens (tertiary/aromatic N) is 2. The summed E-state index contributed by atoms with van der Waals surface area (Å²) in [4.78, 5) is 35.1. The third-order valence-corrected chi connectivity index (χ3v) is 4.65. The van der Waals surface area contributed by atoms with E-state index in [4.69, 9.17) is 19.3 Å². The maximum absolute atomic E-state index is 11.9. The van der Waals surface area contributed by atoms with Gasteiger partial charge in [-0.05, 0) is 18.7 Å². The first-order valence-electron chi connectivity index (χ1n) is 9.45. The molecule has 1 aromatic rings. The molecule has 1 amide bonds. The van der Waals surface area contributed by atoms with Crippen LogP contribution in [0.25, 0.3) is 0 Å². The first-order chi connectivity index (χ1) is 15.1. The second-order valence-electron chi connectivity index (χ2n) is 6.99. The number of carbonyl (C=O) groups is 2. The zero-order valence-corrected chi connectivity index (χ0v) is 17.3. The summed E-state index contributed by atoms with van der Waals surface area (Å²) in [6.45, 7) is 0.676. The summed E-state index contributed by atoms with van der Waals surface area (Å²) in [7, 11) is 3.26. The molecule has 1 aliphatic rings. The number of ether oxygens (including phenoxy) is 3. The molecular formula is C18H25N3O11. The zero-order chi connectivity index (χ0) is 24.0. The van der Waals surface area contributed by atoms with Crippen LogP contribution in [0.15, 0.2) is 18.2 Å². The Morgan fingerprint density at radius 2 is 1.94 bits per heavy atom. The number of nitro benzene ring substituents is 1. The van der Waals surface area contributed by atoms with Crippen LogP contribution in [0.4, 0.5) is 10.5 Å². The number of aliphatic hydroxyl groups excluding tert-OH is 3. The smallest absolute Gasteiger partial charge is 0.409 e. The molecule has 0 radical (unpaired) electrons. The van der Waals surface area contributed by atoms with Crippen LogP contribution in [0.1, 0.15) is 5.56 Å². The van der Waals surface area contributed by atoms with E-state index in [1.165, 1.54) is 18.0 Å². The predicted molar refractivity (Wildman–Crippen MR) is 105 cm³/mol. The fourth-order valence-electron chi connectivity index (χ4n) is 2.80. The highest BCUT2D eigenvalue weighted by atomic mass is 16.7. The van der Waals surface area contributed by atoms with Crippen molar-refractivity contribution in [3.63, 3.8) is 0 Å². The van der Waals surface area contributed by atoms with Crippen molar-refractivity contribution in [3.05, 3.63) is 33.9 Å². The molecule has 0 saturated carbocycles. The van der Waals surface area contributed by atoms with Crippen LogP contribution in [-0.4, -0.2) is 100 Å². The molecule has 0 bridgehead atoms. The van der Waals surface area contributed by atoms with Gasteiger partial charge >= 0.3 is 17.7 Å². The van der Waals surface area contributed by atoms with Crippen molar-refractivity contribution in [1.82, 2.24) is 10.2 Å². The maximum atomic E-state index is 11.9. The number of hydrogen-bond acceptors (Lipinski definition) is 11. The summed E-state index contributed by atoms with van der Waals surface area (Å²) >= 11 is 0. The van der Waals surface area contributed by atoms with Crippen LogP contribution in [0.3, 0.4) is 0 Å². The van der Waals surface area contributed by atoms with Gasteiger partial charge in [0.15, 0.2) is 11.9 Å². The first-order valence-corrected chi connectivity index (χ1v) is 9.45. The second kappa shape index (κ2) is 11.0. The average Bonchev–Trinajstić information content (AvgIpc) is 2.76. The number of aliphatic carboxylic acids is 1. The van der Waals surface area contributed by atoms with E-state index in [1.807, 2.05) is 0 Å². The summed E-state index contributed by atoms with van der Waals surface area (Å²) in [6, 6.07) is 3.58. The van der Waals surface area contributed by atoms with Gasteiger partial charge in [-0.2, -0.15) is 0 Å². The van der Waals surface area contributed by atoms with Gasteiger partial charge in [-0.25, -0.2) is 9.59 Å². The van der Waals surface area contributed by atoms with Gasteiger partial charge in [-0.15, -0.1) is 0 Å². The fraction of sp³-hybridized carbons (Fsp3) is 0.556. The minimum Gasteiger partial charge on any atom is -0.479 e. The molecule has 1 aliphatic heterocycles. The lowest BCUT2D eigenvalue weighted by molar-refractivity contribution is -0.387.